The molecule has 0 unspecified atom stereocenters. The maximum atomic E-state index is 8.78. The van der Waals surface area contributed by atoms with Gasteiger partial charge in [0, 0.05) is 15.8 Å². The van der Waals surface area contributed by atoms with Gasteiger partial charge in [-0.3, -0.25) is 0 Å². The van der Waals surface area contributed by atoms with Crippen LogP contribution in [0.1, 0.15) is 5.56 Å². The molecular weight excluding hydrogens is 393 g/mol. The average Bonchev–Trinajstić information content (AvgIpc) is 2.39. The molecule has 0 aliphatic carbocycles. The molecule has 2 aromatic rings. The fourth-order valence-corrected chi connectivity index (χ4v) is 2.35. The van der Waals surface area contributed by atoms with Crippen LogP contribution in [0.15, 0.2) is 18.2 Å². The van der Waals surface area contributed by atoms with E-state index in [0.29, 0.717) is 18.4 Å². The van der Waals surface area contributed by atoms with Gasteiger partial charge in [0.1, 0.15) is 0 Å². The summed E-state index contributed by atoms with van der Waals surface area (Å²) in [6.07, 6.45) is 0. The van der Waals surface area contributed by atoms with Crippen molar-refractivity contribution in [3.63, 3.8) is 0 Å². The molecule has 1 heterocycles. The molecule has 0 spiro atoms. The van der Waals surface area contributed by atoms with Gasteiger partial charge >= 0.3 is 0 Å². The van der Waals surface area contributed by atoms with E-state index in [1.54, 1.807) is 0 Å². The molecule has 0 bridgehead atoms. The van der Waals surface area contributed by atoms with Gasteiger partial charge in [0.2, 0.25) is 17.2 Å². The van der Waals surface area contributed by atoms with E-state index >= 15 is 0 Å². The number of nitrogens with zero attached hydrogens (tertiary/aromatic N) is 3. The maximum Gasteiger partial charge on any atom is 0.233 e. The molecule has 0 amide bonds. The highest BCUT2D eigenvalue weighted by Gasteiger charge is 2.06. The van der Waals surface area contributed by atoms with Crippen molar-refractivity contribution in [2.75, 3.05) is 23.8 Å². The molecule has 0 aliphatic rings. The average molecular weight is 406 g/mol. The fourth-order valence-electron chi connectivity index (χ4n) is 1.54. The van der Waals surface area contributed by atoms with Gasteiger partial charge in [0.15, 0.2) is 0 Å². The lowest BCUT2D eigenvalue weighted by Gasteiger charge is -2.10. The number of aliphatic hydroxyl groups excluding tert-OH is 1. The van der Waals surface area contributed by atoms with E-state index in [2.05, 4.69) is 54.2 Å². The third-order valence-corrected chi connectivity index (χ3v) is 3.28. The van der Waals surface area contributed by atoms with E-state index in [-0.39, 0.29) is 11.9 Å². The Morgan fingerprint density at radius 1 is 1.25 bits per heavy atom. The van der Waals surface area contributed by atoms with Gasteiger partial charge in [0.05, 0.1) is 6.61 Å². The first-order valence-corrected chi connectivity index (χ1v) is 7.33. The Morgan fingerprint density at radius 2 is 2.00 bits per heavy atom. The summed E-state index contributed by atoms with van der Waals surface area (Å²) in [5.41, 5.74) is 1.99. The molecular formula is C12H13ClIN5O. The smallest absolute Gasteiger partial charge is 0.233 e. The number of nitrogens with one attached hydrogen (secondary N) is 2. The summed E-state index contributed by atoms with van der Waals surface area (Å²) < 4.78 is 1.16. The molecule has 0 radical (unpaired) electrons. The lowest BCUT2D eigenvalue weighted by Crippen LogP contribution is -2.10. The van der Waals surface area contributed by atoms with Crippen molar-refractivity contribution < 1.29 is 5.11 Å². The first-order chi connectivity index (χ1) is 9.58. The Hall–Kier alpha value is -1.19. The highest BCUT2D eigenvalue weighted by molar-refractivity contribution is 14.1. The van der Waals surface area contributed by atoms with E-state index < -0.39 is 0 Å². The lowest BCUT2D eigenvalue weighted by molar-refractivity contribution is 0.311. The third kappa shape index (κ3) is 4.15. The van der Waals surface area contributed by atoms with Crippen molar-refractivity contribution >= 4 is 51.8 Å². The lowest BCUT2D eigenvalue weighted by atomic mass is 10.2. The highest BCUT2D eigenvalue weighted by Crippen LogP contribution is 2.21. The Bertz CT molecular complexity index is 610. The van der Waals surface area contributed by atoms with Crippen molar-refractivity contribution in [1.82, 2.24) is 15.0 Å². The molecule has 106 valence electrons. The number of hydrogen-bond donors (Lipinski definition) is 3. The van der Waals surface area contributed by atoms with Gasteiger partial charge < -0.3 is 15.7 Å². The predicted octanol–water partition coefficient (Wildman–Crippen LogP) is 2.59. The Morgan fingerprint density at radius 3 is 2.70 bits per heavy atom. The largest absolute Gasteiger partial charge is 0.395 e. The number of aryl methyl sites for hydroxylation is 1. The molecule has 0 saturated carbocycles. The summed E-state index contributed by atoms with van der Waals surface area (Å²) in [7, 11) is 0. The van der Waals surface area contributed by atoms with Crippen molar-refractivity contribution in [2.24, 2.45) is 0 Å². The van der Waals surface area contributed by atoms with E-state index in [1.165, 1.54) is 0 Å². The first-order valence-electron chi connectivity index (χ1n) is 5.88. The van der Waals surface area contributed by atoms with Crippen LogP contribution in [0.4, 0.5) is 17.6 Å². The number of aromatic nitrogens is 3. The standard InChI is InChI=1S/C12H13ClIN5O/c1-7-6-8(14)2-3-9(7)16-12-18-10(13)17-11(19-12)15-4-5-20/h2-3,6,20H,4-5H2,1H3,(H2,15,16,17,18,19). The molecule has 3 N–H and O–H groups in total. The zero-order valence-electron chi connectivity index (χ0n) is 10.7. The van der Waals surface area contributed by atoms with Gasteiger partial charge in [-0.25, -0.2) is 0 Å². The van der Waals surface area contributed by atoms with E-state index in [0.717, 1.165) is 14.8 Å². The summed E-state index contributed by atoms with van der Waals surface area (Å²) in [6.45, 7) is 2.34. The maximum absolute atomic E-state index is 8.78. The van der Waals surface area contributed by atoms with Gasteiger partial charge in [-0.05, 0) is 64.9 Å². The molecule has 0 fully saturated rings. The second kappa shape index (κ2) is 7.00. The fraction of sp³-hybridized carbons (Fsp3) is 0.250. The van der Waals surface area contributed by atoms with Gasteiger partial charge in [-0.1, -0.05) is 0 Å². The SMILES string of the molecule is Cc1cc(I)ccc1Nc1nc(Cl)nc(NCCO)n1. The Labute approximate surface area is 135 Å². The summed E-state index contributed by atoms with van der Waals surface area (Å²) in [5, 5.41) is 14.8. The quantitative estimate of drug-likeness (QED) is 0.663. The monoisotopic (exact) mass is 405 g/mol. The topological polar surface area (TPSA) is 83.0 Å². The van der Waals surface area contributed by atoms with Gasteiger partial charge in [-0.15, -0.1) is 0 Å². The van der Waals surface area contributed by atoms with Crippen LogP contribution < -0.4 is 10.6 Å². The summed E-state index contributed by atoms with van der Waals surface area (Å²) in [6, 6.07) is 6.00. The summed E-state index contributed by atoms with van der Waals surface area (Å²) in [4.78, 5) is 12.1. The first kappa shape index (κ1) is 15.2. The van der Waals surface area contributed by atoms with E-state index in [9.17, 15) is 0 Å². The molecule has 0 aliphatic heterocycles. The molecule has 0 saturated heterocycles. The van der Waals surface area contributed by atoms with Crippen molar-refractivity contribution in [3.05, 3.63) is 32.6 Å². The number of rotatable bonds is 5. The molecule has 1 aromatic heterocycles. The number of benzene rings is 1. The second-order valence-corrected chi connectivity index (χ2v) is 5.57. The summed E-state index contributed by atoms with van der Waals surface area (Å²) in [5.74, 6) is 0.680. The van der Waals surface area contributed by atoms with Gasteiger partial charge in [-0.2, -0.15) is 15.0 Å². The molecule has 0 atom stereocenters. The minimum Gasteiger partial charge on any atom is -0.395 e. The van der Waals surface area contributed by atoms with Crippen LogP contribution in [-0.2, 0) is 0 Å². The summed E-state index contributed by atoms with van der Waals surface area (Å²) >= 11 is 8.11. The predicted molar refractivity (Wildman–Crippen MR) is 87.6 cm³/mol. The zero-order chi connectivity index (χ0) is 14.5. The number of anilines is 3. The second-order valence-electron chi connectivity index (χ2n) is 3.99. The van der Waals surface area contributed by atoms with Crippen LogP contribution in [-0.4, -0.2) is 33.2 Å². The van der Waals surface area contributed by atoms with Crippen LogP contribution in [0.5, 0.6) is 0 Å². The minimum absolute atomic E-state index is 0.0116. The molecule has 2 rings (SSSR count). The zero-order valence-corrected chi connectivity index (χ0v) is 13.6. The molecule has 20 heavy (non-hydrogen) atoms. The van der Waals surface area contributed by atoms with Crippen LogP contribution in [0, 0.1) is 10.5 Å². The Kier molecular flexibility index (Phi) is 5.32. The normalized spacial score (nSPS) is 10.4. The number of halogens is 2. The number of hydrogen-bond acceptors (Lipinski definition) is 6. The van der Waals surface area contributed by atoms with Crippen LogP contribution in [0.3, 0.4) is 0 Å². The van der Waals surface area contributed by atoms with Crippen LogP contribution in [0.25, 0.3) is 0 Å². The van der Waals surface area contributed by atoms with Crippen molar-refractivity contribution in [1.29, 1.82) is 0 Å². The molecule has 1 aromatic carbocycles. The minimum atomic E-state index is -0.0116. The van der Waals surface area contributed by atoms with Crippen molar-refractivity contribution in [3.8, 4) is 0 Å². The molecule has 8 heteroatoms. The Balaban J connectivity index is 2.21. The highest BCUT2D eigenvalue weighted by atomic mass is 127. The molecule has 6 nitrogen and oxygen atoms in total. The van der Waals surface area contributed by atoms with E-state index in [4.69, 9.17) is 16.7 Å². The van der Waals surface area contributed by atoms with Crippen LogP contribution >= 0.6 is 34.2 Å². The van der Waals surface area contributed by atoms with Gasteiger partial charge in [0.25, 0.3) is 0 Å². The van der Waals surface area contributed by atoms with E-state index in [1.807, 2.05) is 19.1 Å². The van der Waals surface area contributed by atoms with Crippen molar-refractivity contribution in [2.45, 2.75) is 6.92 Å². The third-order valence-electron chi connectivity index (χ3n) is 2.44. The van der Waals surface area contributed by atoms with Crippen LogP contribution in [0.2, 0.25) is 5.28 Å². The number of aliphatic hydroxyl groups is 1.